The zero-order valence-corrected chi connectivity index (χ0v) is 5.63. The van der Waals surface area contributed by atoms with E-state index in [4.69, 9.17) is 11.6 Å². The van der Waals surface area contributed by atoms with Gasteiger partial charge >= 0.3 is 0 Å². The number of halogens is 1. The Morgan fingerprint density at radius 2 is 2.20 bits per heavy atom. The molecule has 2 heterocycles. The van der Waals surface area contributed by atoms with E-state index in [1.54, 1.807) is 0 Å². The Morgan fingerprint density at radius 1 is 1.30 bits per heavy atom. The van der Waals surface area contributed by atoms with E-state index in [-0.39, 0.29) is 0 Å². The van der Waals surface area contributed by atoms with Gasteiger partial charge in [-0.3, -0.25) is 0 Å². The third-order valence-electron chi connectivity index (χ3n) is 1.18. The van der Waals surface area contributed by atoms with Crippen LogP contribution in [0.1, 0.15) is 0 Å². The molecule has 0 saturated carbocycles. The van der Waals surface area contributed by atoms with Gasteiger partial charge in [-0.2, -0.15) is 0 Å². The van der Waals surface area contributed by atoms with Crippen molar-refractivity contribution in [2.24, 2.45) is 0 Å². The summed E-state index contributed by atoms with van der Waals surface area (Å²) in [6.45, 7) is 0. The summed E-state index contributed by atoms with van der Waals surface area (Å²) in [5, 5.41) is 0.405. The standard InChI is InChI=1S/C5H3ClN4/c6-4-3-5(9-1-7-3)10-2-8-4/h1-2H,(H,7,8,9,10)/i2+1,8+1,10+1. The van der Waals surface area contributed by atoms with Crippen molar-refractivity contribution in [1.82, 2.24) is 19.9 Å². The smallest absolute Gasteiger partial charge is 0.182 e. The summed E-state index contributed by atoms with van der Waals surface area (Å²) in [4.78, 5) is 14.3. The topological polar surface area (TPSA) is 54.5 Å². The SMILES string of the molecule is Clc1[15n][13cH][15n]c2nc[nH]c12. The molecule has 1 N–H and O–H groups in total. The predicted octanol–water partition coefficient (Wildman–Crippen LogP) is 1.01. The summed E-state index contributed by atoms with van der Waals surface area (Å²) in [7, 11) is 0. The van der Waals surface area contributed by atoms with E-state index in [0.717, 1.165) is 0 Å². The number of rotatable bonds is 0. The molecule has 0 aliphatic carbocycles. The first-order valence-electron chi connectivity index (χ1n) is 2.67. The monoisotopic (exact) mass is 157 g/mol. The lowest BCUT2D eigenvalue weighted by Gasteiger charge is -1.86. The quantitative estimate of drug-likeness (QED) is 0.581. The van der Waals surface area contributed by atoms with Crippen molar-refractivity contribution >= 4 is 22.8 Å². The molecule has 0 fully saturated rings. The van der Waals surface area contributed by atoms with Crippen LogP contribution in [0.3, 0.4) is 0 Å². The predicted molar refractivity (Wildman–Crippen MR) is 36.7 cm³/mol. The first-order valence-corrected chi connectivity index (χ1v) is 3.05. The lowest BCUT2D eigenvalue weighted by molar-refractivity contribution is 1.20. The fourth-order valence-corrected chi connectivity index (χ4v) is 0.918. The molecule has 0 spiro atoms. The lowest BCUT2D eigenvalue weighted by atomic mass is 10.6. The van der Waals surface area contributed by atoms with Crippen molar-refractivity contribution in [3.05, 3.63) is 17.8 Å². The molecule has 0 amide bonds. The van der Waals surface area contributed by atoms with Gasteiger partial charge < -0.3 is 4.98 Å². The van der Waals surface area contributed by atoms with E-state index in [0.29, 0.717) is 16.3 Å². The molecule has 5 heteroatoms. The maximum atomic E-state index is 5.68. The highest BCUT2D eigenvalue weighted by Crippen LogP contribution is 2.13. The second kappa shape index (κ2) is 1.91. The number of nitrogens with one attached hydrogen (secondary N) is 1. The third-order valence-corrected chi connectivity index (χ3v) is 1.46. The van der Waals surface area contributed by atoms with Crippen LogP contribution in [0.15, 0.2) is 12.7 Å². The van der Waals surface area contributed by atoms with Gasteiger partial charge in [-0.15, -0.1) is 0 Å². The van der Waals surface area contributed by atoms with Gasteiger partial charge in [0, 0.05) is 0 Å². The van der Waals surface area contributed by atoms with E-state index in [9.17, 15) is 0 Å². The molecule has 0 aromatic carbocycles. The third kappa shape index (κ3) is 0.657. The van der Waals surface area contributed by atoms with Crippen LogP contribution >= 0.6 is 11.6 Å². The molecule has 0 radical (unpaired) electrons. The van der Waals surface area contributed by atoms with Crippen molar-refractivity contribution in [2.75, 3.05) is 0 Å². The van der Waals surface area contributed by atoms with Crippen LogP contribution in [-0.2, 0) is 0 Å². The molecule has 0 saturated heterocycles. The Bertz CT molecular complexity index is 355. The normalized spacial score (nSPS) is 10.5. The Balaban J connectivity index is 2.95. The Kier molecular flexibility index (Phi) is 1.07. The summed E-state index contributed by atoms with van der Waals surface area (Å²) in [6, 6.07) is 0. The van der Waals surface area contributed by atoms with Crippen molar-refractivity contribution in [1.29, 1.82) is 0 Å². The average Bonchev–Trinajstić information content (AvgIpc) is 2.36. The number of hydrogen-bond donors (Lipinski definition) is 1. The van der Waals surface area contributed by atoms with Crippen LogP contribution in [0.4, 0.5) is 0 Å². The van der Waals surface area contributed by atoms with Crippen LogP contribution in [0.2, 0.25) is 5.15 Å². The Labute approximate surface area is 61.3 Å². The van der Waals surface area contributed by atoms with Crippen LogP contribution in [0.25, 0.3) is 11.2 Å². The number of hydrogen-bond acceptors (Lipinski definition) is 3. The molecule has 10 heavy (non-hydrogen) atoms. The average molecular weight is 158 g/mol. The molecule has 0 aliphatic rings. The minimum atomic E-state index is 0.405. The Hall–Kier alpha value is -1.16. The molecule has 2 aromatic heterocycles. The van der Waals surface area contributed by atoms with Crippen LogP contribution < -0.4 is 0 Å². The second-order valence-electron chi connectivity index (χ2n) is 1.77. The summed E-state index contributed by atoms with van der Waals surface area (Å²) >= 11 is 5.68. The fraction of sp³-hybridized carbons (Fsp3) is 0. The van der Waals surface area contributed by atoms with E-state index in [1.807, 2.05) is 0 Å². The van der Waals surface area contributed by atoms with E-state index in [2.05, 4.69) is 19.9 Å². The number of aromatic nitrogens is 4. The molecule has 0 aliphatic heterocycles. The number of H-pyrrole nitrogens is 1. The minimum absolute atomic E-state index is 0.405. The molecule has 50 valence electrons. The lowest BCUT2D eigenvalue weighted by Crippen LogP contribution is -1.80. The number of fused-ring (bicyclic) bond motifs is 1. The maximum Gasteiger partial charge on any atom is 0.182 e. The fourth-order valence-electron chi connectivity index (χ4n) is 0.736. The van der Waals surface area contributed by atoms with Crippen molar-refractivity contribution in [3.8, 4) is 0 Å². The second-order valence-corrected chi connectivity index (χ2v) is 2.12. The van der Waals surface area contributed by atoms with Crippen molar-refractivity contribution < 1.29 is 0 Å². The van der Waals surface area contributed by atoms with Crippen molar-refractivity contribution in [2.45, 2.75) is 0 Å². The van der Waals surface area contributed by atoms with Crippen LogP contribution in [0, 0.1) is 0 Å². The molecule has 0 atom stereocenters. The molecule has 2 rings (SSSR count). The van der Waals surface area contributed by atoms with Crippen LogP contribution in [0.5, 0.6) is 0 Å². The molecular formula is C5H3ClN4. The van der Waals surface area contributed by atoms with E-state index < -0.39 is 0 Å². The molecule has 2 aromatic rings. The van der Waals surface area contributed by atoms with Gasteiger partial charge in [0.15, 0.2) is 10.8 Å². The summed E-state index contributed by atoms with van der Waals surface area (Å²) in [6.07, 6.45) is 2.91. The summed E-state index contributed by atoms with van der Waals surface area (Å²) in [5.41, 5.74) is 1.28. The molecule has 0 bridgehead atoms. The van der Waals surface area contributed by atoms with Gasteiger partial charge in [0.25, 0.3) is 0 Å². The molecule has 0 unspecified atom stereocenters. The largest absolute Gasteiger partial charge is 0.341 e. The number of nitrogens with zero attached hydrogens (tertiary/aromatic N) is 3. The minimum Gasteiger partial charge on any atom is -0.341 e. The molecule has 4 nitrogen and oxygen atoms in total. The summed E-state index contributed by atoms with van der Waals surface area (Å²) in [5.74, 6) is 0. The highest BCUT2D eigenvalue weighted by Gasteiger charge is 2.00. The number of aromatic amines is 1. The van der Waals surface area contributed by atoms with E-state index >= 15 is 0 Å². The number of imidazole rings is 1. The van der Waals surface area contributed by atoms with Gasteiger partial charge in [-0.1, -0.05) is 11.6 Å². The first kappa shape index (κ1) is 5.61. The van der Waals surface area contributed by atoms with Gasteiger partial charge in [0.1, 0.15) is 11.8 Å². The summed E-state index contributed by atoms with van der Waals surface area (Å²) < 4.78 is 0. The maximum absolute atomic E-state index is 5.68. The first-order chi connectivity index (χ1) is 4.88. The van der Waals surface area contributed by atoms with Gasteiger partial charge in [0.2, 0.25) is 0 Å². The van der Waals surface area contributed by atoms with Gasteiger partial charge in [0.05, 0.1) is 6.33 Å². The zero-order chi connectivity index (χ0) is 6.97. The highest BCUT2D eigenvalue weighted by molar-refractivity contribution is 6.33. The van der Waals surface area contributed by atoms with E-state index in [1.165, 1.54) is 12.7 Å². The molecular weight excluding hydrogens is 155 g/mol. The van der Waals surface area contributed by atoms with Gasteiger partial charge in [-0.05, 0) is 0 Å². The van der Waals surface area contributed by atoms with Gasteiger partial charge in [-0.25, -0.2) is 15.0 Å². The Morgan fingerprint density at radius 3 is 3.00 bits per heavy atom. The highest BCUT2D eigenvalue weighted by atomic mass is 35.5. The van der Waals surface area contributed by atoms with Crippen LogP contribution in [-0.4, -0.2) is 19.9 Å². The van der Waals surface area contributed by atoms with Crippen molar-refractivity contribution in [3.63, 3.8) is 0 Å². The zero-order valence-electron chi connectivity index (χ0n) is 4.87.